The van der Waals surface area contributed by atoms with Gasteiger partial charge >= 0.3 is 6.03 Å². The molecule has 8 heteroatoms. The average Bonchev–Trinajstić information content (AvgIpc) is 2.98. The number of hydrogen-bond donors (Lipinski definition) is 1. The van der Waals surface area contributed by atoms with Crippen LogP contribution in [0.15, 0.2) is 22.7 Å². The summed E-state index contributed by atoms with van der Waals surface area (Å²) in [5, 5.41) is 6.86. The number of aryl methyl sites for hydroxylation is 2. The number of benzene rings is 1. The summed E-state index contributed by atoms with van der Waals surface area (Å²) in [6.07, 6.45) is 1.08. The van der Waals surface area contributed by atoms with E-state index in [4.69, 9.17) is 4.52 Å². The molecule has 0 saturated carbocycles. The third kappa shape index (κ3) is 4.16. The van der Waals surface area contributed by atoms with E-state index in [0.717, 1.165) is 16.8 Å². The highest BCUT2D eigenvalue weighted by Crippen LogP contribution is 2.26. The van der Waals surface area contributed by atoms with E-state index in [0.29, 0.717) is 44.2 Å². The van der Waals surface area contributed by atoms with Crippen molar-refractivity contribution in [3.05, 3.63) is 41.0 Å². The molecule has 3 rings (SSSR count). The number of nitrogens with one attached hydrogen (secondary N) is 1. The molecule has 2 heterocycles. The second-order valence-electron chi connectivity index (χ2n) is 7.11. The Balaban J connectivity index is 1.83. The molecule has 0 spiro atoms. The summed E-state index contributed by atoms with van der Waals surface area (Å²) in [5.74, 6) is 0.887. The predicted molar refractivity (Wildman–Crippen MR) is 105 cm³/mol. The molecule has 0 radical (unpaired) electrons. The van der Waals surface area contributed by atoms with Crippen molar-refractivity contribution in [1.82, 2.24) is 19.9 Å². The Morgan fingerprint density at radius 2 is 2.04 bits per heavy atom. The van der Waals surface area contributed by atoms with Gasteiger partial charge in [-0.25, -0.2) is 4.79 Å². The standard InChI is InChI=1S/C20H27N5O3/c1-5-18(26)25-11-7-10-24(12-17(25)19-21-15(4)23-28-19)20(27)22-16-9-6-8-13(2)14(16)3/h6,8-9,17H,5,7,10-12H2,1-4H3,(H,22,27). The molecule has 8 nitrogen and oxygen atoms in total. The summed E-state index contributed by atoms with van der Waals surface area (Å²) in [5.41, 5.74) is 2.95. The fourth-order valence-electron chi connectivity index (χ4n) is 3.41. The van der Waals surface area contributed by atoms with Gasteiger partial charge in [0, 0.05) is 25.2 Å². The summed E-state index contributed by atoms with van der Waals surface area (Å²) < 4.78 is 5.35. The topological polar surface area (TPSA) is 91.6 Å². The van der Waals surface area contributed by atoms with Crippen molar-refractivity contribution < 1.29 is 14.1 Å². The van der Waals surface area contributed by atoms with E-state index in [9.17, 15) is 9.59 Å². The minimum Gasteiger partial charge on any atom is -0.337 e. The Kier molecular flexibility index (Phi) is 5.96. The van der Waals surface area contributed by atoms with E-state index in [-0.39, 0.29) is 11.9 Å². The number of hydrogen-bond acceptors (Lipinski definition) is 5. The van der Waals surface area contributed by atoms with Crippen LogP contribution >= 0.6 is 0 Å². The van der Waals surface area contributed by atoms with Crippen LogP contribution in [0.25, 0.3) is 0 Å². The second-order valence-corrected chi connectivity index (χ2v) is 7.11. The van der Waals surface area contributed by atoms with Gasteiger partial charge < -0.3 is 19.6 Å². The molecule has 3 amide bonds. The molecule has 1 saturated heterocycles. The Morgan fingerprint density at radius 3 is 2.71 bits per heavy atom. The van der Waals surface area contributed by atoms with Gasteiger partial charge in [-0.1, -0.05) is 24.2 Å². The van der Waals surface area contributed by atoms with Gasteiger partial charge in [0.05, 0.1) is 6.54 Å². The lowest BCUT2D eigenvalue weighted by Gasteiger charge is -2.29. The van der Waals surface area contributed by atoms with Gasteiger partial charge in [-0.3, -0.25) is 4.79 Å². The van der Waals surface area contributed by atoms with Gasteiger partial charge in [-0.2, -0.15) is 4.98 Å². The normalized spacial score (nSPS) is 17.4. The molecule has 28 heavy (non-hydrogen) atoms. The highest BCUT2D eigenvalue weighted by Gasteiger charge is 2.34. The SMILES string of the molecule is CCC(=O)N1CCCN(C(=O)Nc2cccc(C)c2C)CC1c1nc(C)no1. The lowest BCUT2D eigenvalue weighted by molar-refractivity contribution is -0.133. The molecule has 0 bridgehead atoms. The lowest BCUT2D eigenvalue weighted by atomic mass is 10.1. The van der Waals surface area contributed by atoms with Crippen LogP contribution in [0.5, 0.6) is 0 Å². The largest absolute Gasteiger partial charge is 0.337 e. The molecule has 0 aliphatic carbocycles. The maximum Gasteiger partial charge on any atom is 0.321 e. The fraction of sp³-hybridized carbons (Fsp3) is 0.500. The van der Waals surface area contributed by atoms with Crippen molar-refractivity contribution in [3.8, 4) is 0 Å². The predicted octanol–water partition coefficient (Wildman–Crippen LogP) is 3.21. The average molecular weight is 385 g/mol. The Labute approximate surface area is 164 Å². The van der Waals surface area contributed by atoms with Crippen LogP contribution < -0.4 is 5.32 Å². The van der Waals surface area contributed by atoms with Gasteiger partial charge in [0.25, 0.3) is 5.89 Å². The lowest BCUT2D eigenvalue weighted by Crippen LogP contribution is -2.41. The zero-order valence-corrected chi connectivity index (χ0v) is 16.9. The third-order valence-electron chi connectivity index (χ3n) is 5.18. The molecule has 1 N–H and O–H groups in total. The summed E-state index contributed by atoms with van der Waals surface area (Å²) in [4.78, 5) is 33.2. The van der Waals surface area contributed by atoms with Crippen molar-refractivity contribution in [2.45, 2.75) is 46.6 Å². The van der Waals surface area contributed by atoms with Crippen LogP contribution in [-0.2, 0) is 4.79 Å². The smallest absolute Gasteiger partial charge is 0.321 e. The molecular formula is C20H27N5O3. The van der Waals surface area contributed by atoms with Crippen LogP contribution in [0.4, 0.5) is 10.5 Å². The monoisotopic (exact) mass is 385 g/mol. The number of rotatable bonds is 3. The Bertz CT molecular complexity index is 863. The maximum atomic E-state index is 13.0. The van der Waals surface area contributed by atoms with E-state index in [2.05, 4.69) is 15.5 Å². The number of carbonyl (C=O) groups excluding carboxylic acids is 2. The highest BCUT2D eigenvalue weighted by molar-refractivity contribution is 5.90. The molecule has 1 aromatic carbocycles. The number of amides is 3. The second kappa shape index (κ2) is 8.41. The first-order chi connectivity index (χ1) is 13.4. The molecular weight excluding hydrogens is 358 g/mol. The minimum absolute atomic E-state index is 0.0117. The third-order valence-corrected chi connectivity index (χ3v) is 5.18. The van der Waals surface area contributed by atoms with Crippen molar-refractivity contribution in [2.75, 3.05) is 25.0 Å². The molecule has 1 aromatic heterocycles. The molecule has 1 aliphatic rings. The van der Waals surface area contributed by atoms with Gasteiger partial charge in [-0.15, -0.1) is 0 Å². The first kappa shape index (κ1) is 19.9. The summed E-state index contributed by atoms with van der Waals surface area (Å²) in [6, 6.07) is 5.19. The number of nitrogens with zero attached hydrogens (tertiary/aromatic N) is 4. The molecule has 2 aromatic rings. The van der Waals surface area contributed by atoms with E-state index in [1.165, 1.54) is 0 Å². The summed E-state index contributed by atoms with van der Waals surface area (Å²) in [6.45, 7) is 8.97. The minimum atomic E-state index is -0.444. The maximum absolute atomic E-state index is 13.0. The van der Waals surface area contributed by atoms with Crippen molar-refractivity contribution >= 4 is 17.6 Å². The zero-order valence-electron chi connectivity index (χ0n) is 16.9. The molecule has 1 unspecified atom stereocenters. The van der Waals surface area contributed by atoms with E-state index < -0.39 is 6.04 Å². The van der Waals surface area contributed by atoms with Crippen LogP contribution in [0.1, 0.15) is 48.6 Å². The van der Waals surface area contributed by atoms with Crippen LogP contribution in [-0.4, -0.2) is 51.5 Å². The quantitative estimate of drug-likeness (QED) is 0.876. The fourth-order valence-corrected chi connectivity index (χ4v) is 3.41. The molecule has 1 fully saturated rings. The van der Waals surface area contributed by atoms with Gasteiger partial charge in [0.1, 0.15) is 6.04 Å². The first-order valence-electron chi connectivity index (χ1n) is 9.62. The number of urea groups is 1. The zero-order chi connectivity index (χ0) is 20.3. The van der Waals surface area contributed by atoms with Gasteiger partial charge in [0.2, 0.25) is 5.91 Å². The molecule has 1 aliphatic heterocycles. The molecule has 1 atom stereocenters. The van der Waals surface area contributed by atoms with Crippen molar-refractivity contribution in [2.24, 2.45) is 0 Å². The van der Waals surface area contributed by atoms with Gasteiger partial charge in [-0.05, 0) is 44.4 Å². The highest BCUT2D eigenvalue weighted by atomic mass is 16.5. The molecule has 150 valence electrons. The van der Waals surface area contributed by atoms with Crippen LogP contribution in [0.2, 0.25) is 0 Å². The van der Waals surface area contributed by atoms with Crippen LogP contribution in [0, 0.1) is 20.8 Å². The first-order valence-corrected chi connectivity index (χ1v) is 9.62. The number of carbonyl (C=O) groups is 2. The number of aromatic nitrogens is 2. The Hall–Kier alpha value is -2.90. The summed E-state index contributed by atoms with van der Waals surface area (Å²) in [7, 11) is 0. The summed E-state index contributed by atoms with van der Waals surface area (Å²) >= 11 is 0. The Morgan fingerprint density at radius 1 is 1.25 bits per heavy atom. The van der Waals surface area contributed by atoms with Crippen molar-refractivity contribution in [1.29, 1.82) is 0 Å². The van der Waals surface area contributed by atoms with E-state index in [1.54, 1.807) is 16.7 Å². The van der Waals surface area contributed by atoms with Gasteiger partial charge in [0.15, 0.2) is 5.82 Å². The van der Waals surface area contributed by atoms with E-state index >= 15 is 0 Å². The van der Waals surface area contributed by atoms with Crippen molar-refractivity contribution in [3.63, 3.8) is 0 Å². The van der Waals surface area contributed by atoms with Crippen LogP contribution in [0.3, 0.4) is 0 Å². The number of anilines is 1. The van der Waals surface area contributed by atoms with E-state index in [1.807, 2.05) is 39.0 Å².